The molecule has 1 atom stereocenters. The van der Waals surface area contributed by atoms with Gasteiger partial charge in [0.2, 0.25) is 5.95 Å². The average molecular weight is 546 g/mol. The van der Waals surface area contributed by atoms with E-state index in [4.69, 9.17) is 10.5 Å². The lowest BCUT2D eigenvalue weighted by Crippen LogP contribution is -2.40. The Hall–Kier alpha value is -3.40. The van der Waals surface area contributed by atoms with Gasteiger partial charge in [0.05, 0.1) is 19.2 Å². The summed E-state index contributed by atoms with van der Waals surface area (Å²) in [5.41, 5.74) is 11.3. The van der Waals surface area contributed by atoms with Crippen LogP contribution in [0.15, 0.2) is 42.5 Å². The number of anilines is 2. The Morgan fingerprint density at radius 3 is 2.67 bits per heavy atom. The van der Waals surface area contributed by atoms with Gasteiger partial charge in [-0.1, -0.05) is 37.6 Å². The number of hydrogen-bond donors (Lipinski definition) is 4. The number of fused-ring (bicyclic) bond motifs is 3. The molecule has 9 heteroatoms. The number of nitrogens with zero attached hydrogens (tertiary/aromatic N) is 4. The van der Waals surface area contributed by atoms with Gasteiger partial charge in [0.15, 0.2) is 5.82 Å². The van der Waals surface area contributed by atoms with Crippen LogP contribution in [0.5, 0.6) is 5.75 Å². The number of benzene rings is 2. The zero-order valence-corrected chi connectivity index (χ0v) is 24.0. The molecule has 1 saturated heterocycles. The molecule has 0 amide bonds. The van der Waals surface area contributed by atoms with Crippen LogP contribution in [0.3, 0.4) is 0 Å². The van der Waals surface area contributed by atoms with Crippen LogP contribution < -0.4 is 21.1 Å². The summed E-state index contributed by atoms with van der Waals surface area (Å²) in [5.74, 6) is 1.78. The fourth-order valence-corrected chi connectivity index (χ4v) is 5.91. The summed E-state index contributed by atoms with van der Waals surface area (Å²) in [5, 5.41) is 18.1. The Labute approximate surface area is 236 Å². The van der Waals surface area contributed by atoms with Crippen molar-refractivity contribution in [1.82, 2.24) is 24.8 Å². The molecule has 40 heavy (non-hydrogen) atoms. The van der Waals surface area contributed by atoms with E-state index in [1.165, 1.54) is 18.4 Å². The fraction of sp³-hybridized carbons (Fsp3) is 0.484. The second-order valence-corrected chi connectivity index (χ2v) is 11.0. The van der Waals surface area contributed by atoms with Gasteiger partial charge in [-0.05, 0) is 69.6 Å². The maximum absolute atomic E-state index is 9.67. The highest BCUT2D eigenvalue weighted by Gasteiger charge is 2.21. The summed E-state index contributed by atoms with van der Waals surface area (Å²) in [7, 11) is 3.92. The second kappa shape index (κ2) is 12.8. The lowest BCUT2D eigenvalue weighted by molar-refractivity contribution is 0.234. The molecule has 1 aliphatic heterocycles. The third-order valence-corrected chi connectivity index (χ3v) is 8.06. The van der Waals surface area contributed by atoms with Gasteiger partial charge in [-0.3, -0.25) is 0 Å². The largest absolute Gasteiger partial charge is 0.496 e. The molecular weight excluding hydrogens is 502 g/mol. The SMILES string of the molecule is CCC[C@@H](CCO)Nc1nc(N)nc2c3ccccc3n(Cc3cc(CNC4CCN(C)CC4)ccc3OC)c12. The number of nitrogens with two attached hydrogens (primary N) is 1. The van der Waals surface area contributed by atoms with Crippen LogP contribution in [0.4, 0.5) is 11.8 Å². The fourth-order valence-electron chi connectivity index (χ4n) is 5.91. The summed E-state index contributed by atoms with van der Waals surface area (Å²) in [6, 6.07) is 15.4. The number of likely N-dealkylation sites (tertiary alicyclic amines) is 1. The predicted molar refractivity (Wildman–Crippen MR) is 163 cm³/mol. The van der Waals surface area contributed by atoms with E-state index in [0.717, 1.165) is 65.7 Å². The highest BCUT2D eigenvalue weighted by Crippen LogP contribution is 2.34. The van der Waals surface area contributed by atoms with Gasteiger partial charge in [0.25, 0.3) is 0 Å². The minimum absolute atomic E-state index is 0.0856. The van der Waals surface area contributed by atoms with Gasteiger partial charge in [-0.15, -0.1) is 0 Å². The van der Waals surface area contributed by atoms with E-state index in [2.05, 4.69) is 74.4 Å². The van der Waals surface area contributed by atoms with E-state index in [1.807, 2.05) is 12.1 Å². The van der Waals surface area contributed by atoms with E-state index in [9.17, 15) is 5.11 Å². The maximum Gasteiger partial charge on any atom is 0.222 e. The van der Waals surface area contributed by atoms with Gasteiger partial charge in [0, 0.05) is 36.2 Å². The number of hydrogen-bond acceptors (Lipinski definition) is 8. The van der Waals surface area contributed by atoms with E-state index in [-0.39, 0.29) is 18.6 Å². The van der Waals surface area contributed by atoms with Crippen molar-refractivity contribution in [1.29, 1.82) is 0 Å². The summed E-state index contributed by atoms with van der Waals surface area (Å²) in [6.07, 6.45) is 4.91. The number of nitrogen functional groups attached to an aromatic ring is 1. The number of ether oxygens (including phenoxy) is 1. The summed E-state index contributed by atoms with van der Waals surface area (Å²) in [6.45, 7) is 5.95. The summed E-state index contributed by atoms with van der Waals surface area (Å²) in [4.78, 5) is 11.7. The normalized spacial score (nSPS) is 15.6. The van der Waals surface area contributed by atoms with Crippen LogP contribution in [0.2, 0.25) is 0 Å². The molecule has 4 aromatic rings. The number of methoxy groups -OCH3 is 1. The van der Waals surface area contributed by atoms with Crippen LogP contribution in [0.25, 0.3) is 21.9 Å². The van der Waals surface area contributed by atoms with E-state index in [1.54, 1.807) is 7.11 Å². The van der Waals surface area contributed by atoms with Gasteiger partial charge in [0.1, 0.15) is 16.8 Å². The highest BCUT2D eigenvalue weighted by molar-refractivity contribution is 6.09. The topological polar surface area (TPSA) is 113 Å². The molecule has 0 radical (unpaired) electrons. The second-order valence-electron chi connectivity index (χ2n) is 11.0. The molecule has 2 aromatic heterocycles. The molecule has 0 bridgehead atoms. The molecule has 0 unspecified atom stereocenters. The van der Waals surface area contributed by atoms with Crippen molar-refractivity contribution in [2.24, 2.45) is 0 Å². The van der Waals surface area contributed by atoms with Crippen LogP contribution in [0, 0.1) is 0 Å². The van der Waals surface area contributed by atoms with Crippen LogP contribution in [-0.4, -0.2) is 70.5 Å². The minimum Gasteiger partial charge on any atom is -0.496 e. The Balaban J connectivity index is 1.53. The van der Waals surface area contributed by atoms with Crippen molar-refractivity contribution in [3.05, 3.63) is 53.6 Å². The molecule has 0 saturated carbocycles. The third-order valence-electron chi connectivity index (χ3n) is 8.06. The lowest BCUT2D eigenvalue weighted by Gasteiger charge is -2.29. The van der Waals surface area contributed by atoms with E-state index >= 15 is 0 Å². The summed E-state index contributed by atoms with van der Waals surface area (Å²) >= 11 is 0. The zero-order valence-electron chi connectivity index (χ0n) is 24.0. The van der Waals surface area contributed by atoms with Gasteiger partial charge < -0.3 is 35.7 Å². The Morgan fingerprint density at radius 1 is 1.12 bits per heavy atom. The molecule has 5 rings (SSSR count). The first-order valence-electron chi connectivity index (χ1n) is 14.5. The molecule has 214 valence electrons. The van der Waals surface area contributed by atoms with Crippen molar-refractivity contribution < 1.29 is 9.84 Å². The number of aromatic nitrogens is 3. The highest BCUT2D eigenvalue weighted by atomic mass is 16.5. The molecule has 0 aliphatic carbocycles. The van der Waals surface area contributed by atoms with E-state index < -0.39 is 0 Å². The monoisotopic (exact) mass is 545 g/mol. The number of rotatable bonds is 12. The van der Waals surface area contributed by atoms with Gasteiger partial charge in [-0.2, -0.15) is 4.98 Å². The first kappa shape index (κ1) is 28.1. The van der Waals surface area contributed by atoms with Crippen molar-refractivity contribution in [2.45, 2.75) is 64.2 Å². The molecule has 1 fully saturated rings. The van der Waals surface area contributed by atoms with Crippen LogP contribution in [-0.2, 0) is 13.1 Å². The number of aliphatic hydroxyl groups is 1. The average Bonchev–Trinajstić information content (AvgIpc) is 3.26. The third kappa shape index (κ3) is 6.16. The van der Waals surface area contributed by atoms with Gasteiger partial charge >= 0.3 is 0 Å². The molecule has 3 heterocycles. The Kier molecular flexibility index (Phi) is 9.04. The first-order chi connectivity index (χ1) is 19.5. The minimum atomic E-state index is 0.0856. The molecule has 0 spiro atoms. The number of aliphatic hydroxyl groups excluding tert-OH is 1. The van der Waals surface area contributed by atoms with Gasteiger partial charge in [-0.25, -0.2) is 4.98 Å². The Morgan fingerprint density at radius 2 is 1.93 bits per heavy atom. The number of nitrogens with one attached hydrogen (secondary N) is 2. The smallest absolute Gasteiger partial charge is 0.222 e. The first-order valence-corrected chi connectivity index (χ1v) is 14.5. The molecule has 1 aliphatic rings. The quantitative estimate of drug-likeness (QED) is 0.208. The van der Waals surface area contributed by atoms with Crippen LogP contribution in [0.1, 0.15) is 50.2 Å². The Bertz CT molecular complexity index is 1420. The lowest BCUT2D eigenvalue weighted by atomic mass is 10.0. The van der Waals surface area contributed by atoms with E-state index in [0.29, 0.717) is 24.8 Å². The van der Waals surface area contributed by atoms with Crippen molar-refractivity contribution in [3.63, 3.8) is 0 Å². The maximum atomic E-state index is 9.67. The molecule has 2 aromatic carbocycles. The molecule has 9 nitrogen and oxygen atoms in total. The summed E-state index contributed by atoms with van der Waals surface area (Å²) < 4.78 is 8.09. The van der Waals surface area contributed by atoms with Crippen molar-refractivity contribution >= 4 is 33.7 Å². The predicted octanol–water partition coefficient (Wildman–Crippen LogP) is 4.37. The molecular formula is C31H43N7O2. The van der Waals surface area contributed by atoms with Crippen molar-refractivity contribution in [3.8, 4) is 5.75 Å². The number of para-hydroxylation sites is 1. The van der Waals surface area contributed by atoms with Crippen molar-refractivity contribution in [2.75, 3.05) is 44.9 Å². The van der Waals surface area contributed by atoms with Crippen LogP contribution >= 0.6 is 0 Å². The zero-order chi connectivity index (χ0) is 28.1. The molecule has 5 N–H and O–H groups in total. The number of piperidine rings is 1. The standard InChI is InChI=1S/C31H43N7O2/c1-4-7-24(14-17-39)34-30-29-28(35-31(32)36-30)25-8-5-6-9-26(25)38(29)20-22-18-21(10-11-27(22)40-3)19-33-23-12-15-37(2)16-13-23/h5-6,8-11,18,23-24,33,39H,4,7,12-17,19-20H2,1-3H3,(H3,32,34,35,36)/t24-/m0/s1.